The zero-order valence-electron chi connectivity index (χ0n) is 7.20. The van der Waals surface area contributed by atoms with Gasteiger partial charge in [0.1, 0.15) is 0 Å². The number of nitrogens with one attached hydrogen (secondary N) is 1. The van der Waals surface area contributed by atoms with Crippen molar-refractivity contribution in [3.63, 3.8) is 0 Å². The number of aliphatic hydroxyl groups excluding tert-OH is 2. The Kier molecular flexibility index (Phi) is 33.0. The Bertz CT molecular complexity index is 79.1. The van der Waals surface area contributed by atoms with Gasteiger partial charge in [-0.2, -0.15) is 0 Å². The van der Waals surface area contributed by atoms with Gasteiger partial charge in [-0.15, -0.1) is 25.6 Å². The lowest BCUT2D eigenvalue weighted by molar-refractivity contribution is 0.186. The van der Waals surface area contributed by atoms with E-state index in [1.807, 2.05) is 12.2 Å². The van der Waals surface area contributed by atoms with Crippen LogP contribution in [0, 0.1) is 0 Å². The predicted octanol–water partition coefficient (Wildman–Crippen LogP) is 0.341. The third kappa shape index (κ3) is 33.4. The molecule has 0 bridgehead atoms. The maximum atomic E-state index is 7.62. The maximum absolute atomic E-state index is 7.62. The zero-order chi connectivity index (χ0) is 8.95. The molecule has 4 heteroatoms. The van der Waals surface area contributed by atoms with E-state index in [2.05, 4.69) is 18.5 Å². The molecule has 0 aromatic rings. The largest absolute Gasteiger partial charge is 0.394 e. The first-order valence-corrected chi connectivity index (χ1v) is 3.47. The summed E-state index contributed by atoms with van der Waals surface area (Å²) in [6, 6.07) is 0. The predicted molar refractivity (Wildman–Crippen MR) is 54.7 cm³/mol. The summed E-state index contributed by atoms with van der Waals surface area (Å²) in [7, 11) is 0. The molecule has 0 aliphatic rings. The van der Waals surface area contributed by atoms with Gasteiger partial charge < -0.3 is 15.5 Å². The summed E-state index contributed by atoms with van der Waals surface area (Å²) in [4.78, 5) is 0. The van der Waals surface area contributed by atoms with Crippen molar-refractivity contribution in [1.29, 1.82) is 0 Å². The van der Waals surface area contributed by atoms with Gasteiger partial charge in [-0.3, -0.25) is 0 Å². The quantitative estimate of drug-likeness (QED) is 0.438. The first kappa shape index (κ1) is 17.7. The van der Waals surface area contributed by atoms with E-state index in [-0.39, 0.29) is 25.6 Å². The van der Waals surface area contributed by atoms with Crippen LogP contribution in [0.2, 0.25) is 0 Å². The molecular formula is C8H18ClNO2. The van der Waals surface area contributed by atoms with Crippen LogP contribution in [0.1, 0.15) is 0 Å². The van der Waals surface area contributed by atoms with Crippen molar-refractivity contribution in [2.45, 2.75) is 0 Å². The first-order chi connectivity index (χ1) is 5.33. The van der Waals surface area contributed by atoms with Crippen LogP contribution in [-0.4, -0.2) is 36.5 Å². The molecule has 0 rings (SSSR count). The summed E-state index contributed by atoms with van der Waals surface area (Å²) in [6.07, 6.45) is 3.65. The molecule has 0 unspecified atom stereocenters. The van der Waals surface area contributed by atoms with Crippen LogP contribution >= 0.6 is 12.4 Å². The van der Waals surface area contributed by atoms with Gasteiger partial charge in [-0.1, -0.05) is 12.2 Å². The number of hydrogen-bond donors (Lipinski definition) is 3. The van der Waals surface area contributed by atoms with E-state index in [9.17, 15) is 0 Å². The van der Waals surface area contributed by atoms with Gasteiger partial charge in [-0.25, -0.2) is 0 Å². The van der Waals surface area contributed by atoms with Crippen LogP contribution in [0.3, 0.4) is 0 Å². The molecule has 0 atom stereocenters. The summed E-state index contributed by atoms with van der Waals surface area (Å²) < 4.78 is 0. The standard InChI is InChI=1S/C6H11N.C2H6O2.ClH/c1-3-5-7-6-4-2;3-1-2-4;/h3-4,7H,1-2,5-6H2;3-4H,1-2H2;1H. The van der Waals surface area contributed by atoms with Crippen LogP contribution in [-0.2, 0) is 0 Å². The van der Waals surface area contributed by atoms with Crippen LogP contribution < -0.4 is 5.32 Å². The van der Waals surface area contributed by atoms with E-state index >= 15 is 0 Å². The Morgan fingerprint density at radius 3 is 1.50 bits per heavy atom. The minimum absolute atomic E-state index is 0. The van der Waals surface area contributed by atoms with E-state index < -0.39 is 0 Å². The van der Waals surface area contributed by atoms with E-state index in [1.54, 1.807) is 0 Å². The Morgan fingerprint density at radius 2 is 1.33 bits per heavy atom. The molecule has 0 spiro atoms. The molecule has 74 valence electrons. The highest BCUT2D eigenvalue weighted by atomic mass is 35.5. The van der Waals surface area contributed by atoms with Crippen molar-refractivity contribution < 1.29 is 10.2 Å². The Morgan fingerprint density at radius 1 is 1.00 bits per heavy atom. The Labute approximate surface area is 80.2 Å². The smallest absolute Gasteiger partial charge is 0.0662 e. The van der Waals surface area contributed by atoms with Gasteiger partial charge in [0.2, 0.25) is 0 Å². The normalized spacial score (nSPS) is 7.17. The lowest BCUT2D eigenvalue weighted by Crippen LogP contribution is -2.11. The lowest BCUT2D eigenvalue weighted by atomic mass is 10.5. The molecule has 0 radical (unpaired) electrons. The average molecular weight is 196 g/mol. The molecular weight excluding hydrogens is 178 g/mol. The lowest BCUT2D eigenvalue weighted by Gasteiger charge is -1.90. The van der Waals surface area contributed by atoms with Crippen molar-refractivity contribution in [2.75, 3.05) is 26.3 Å². The van der Waals surface area contributed by atoms with Gasteiger partial charge >= 0.3 is 0 Å². The van der Waals surface area contributed by atoms with Crippen molar-refractivity contribution in [3.05, 3.63) is 25.3 Å². The summed E-state index contributed by atoms with van der Waals surface area (Å²) in [6.45, 7) is 8.56. The third-order valence-corrected chi connectivity index (χ3v) is 0.677. The molecule has 0 fully saturated rings. The van der Waals surface area contributed by atoms with Crippen molar-refractivity contribution in [1.82, 2.24) is 5.32 Å². The molecule has 0 aromatic heterocycles. The fraction of sp³-hybridized carbons (Fsp3) is 0.500. The van der Waals surface area contributed by atoms with E-state index in [0.29, 0.717) is 0 Å². The highest BCUT2D eigenvalue weighted by Gasteiger charge is 1.69. The fourth-order valence-electron chi connectivity index (χ4n) is 0.287. The molecule has 0 aromatic carbocycles. The van der Waals surface area contributed by atoms with Gasteiger partial charge in [0.25, 0.3) is 0 Å². The van der Waals surface area contributed by atoms with Crippen LogP contribution in [0.25, 0.3) is 0 Å². The molecule has 0 heterocycles. The van der Waals surface area contributed by atoms with Gasteiger partial charge in [0.05, 0.1) is 13.2 Å². The third-order valence-electron chi connectivity index (χ3n) is 0.677. The highest BCUT2D eigenvalue weighted by Crippen LogP contribution is 1.59. The summed E-state index contributed by atoms with van der Waals surface area (Å²) >= 11 is 0. The molecule has 0 saturated heterocycles. The van der Waals surface area contributed by atoms with Gasteiger partial charge in [0.15, 0.2) is 0 Å². The number of aliphatic hydroxyl groups is 2. The van der Waals surface area contributed by atoms with Crippen molar-refractivity contribution >= 4 is 12.4 Å². The second-order valence-corrected chi connectivity index (χ2v) is 1.68. The monoisotopic (exact) mass is 195 g/mol. The molecule has 0 aliphatic carbocycles. The van der Waals surface area contributed by atoms with Crippen LogP contribution in [0.4, 0.5) is 0 Å². The highest BCUT2D eigenvalue weighted by molar-refractivity contribution is 5.85. The van der Waals surface area contributed by atoms with E-state index in [4.69, 9.17) is 10.2 Å². The average Bonchev–Trinajstić information content (AvgIpc) is 2.06. The number of halogens is 1. The van der Waals surface area contributed by atoms with E-state index in [1.165, 1.54) is 0 Å². The Balaban J connectivity index is -0.000000142. The van der Waals surface area contributed by atoms with Gasteiger partial charge in [0, 0.05) is 13.1 Å². The van der Waals surface area contributed by atoms with Crippen molar-refractivity contribution in [3.8, 4) is 0 Å². The Hall–Kier alpha value is -0.350. The zero-order valence-corrected chi connectivity index (χ0v) is 8.02. The van der Waals surface area contributed by atoms with Gasteiger partial charge in [-0.05, 0) is 0 Å². The summed E-state index contributed by atoms with van der Waals surface area (Å²) in [5.41, 5.74) is 0. The maximum Gasteiger partial charge on any atom is 0.0662 e. The minimum atomic E-state index is -0.125. The van der Waals surface area contributed by atoms with Crippen molar-refractivity contribution in [2.24, 2.45) is 0 Å². The fourth-order valence-corrected chi connectivity index (χ4v) is 0.287. The second kappa shape index (κ2) is 22.4. The minimum Gasteiger partial charge on any atom is -0.394 e. The van der Waals surface area contributed by atoms with E-state index in [0.717, 1.165) is 13.1 Å². The summed E-state index contributed by atoms with van der Waals surface area (Å²) in [5, 5.41) is 18.3. The van der Waals surface area contributed by atoms with Crippen LogP contribution in [0.15, 0.2) is 25.3 Å². The summed E-state index contributed by atoms with van der Waals surface area (Å²) in [5.74, 6) is 0. The second-order valence-electron chi connectivity index (χ2n) is 1.68. The van der Waals surface area contributed by atoms with Crippen LogP contribution in [0.5, 0.6) is 0 Å². The number of rotatable bonds is 5. The molecule has 3 N–H and O–H groups in total. The first-order valence-electron chi connectivity index (χ1n) is 3.47. The molecule has 0 amide bonds. The molecule has 12 heavy (non-hydrogen) atoms. The molecule has 3 nitrogen and oxygen atoms in total. The SMILES string of the molecule is C=CCNCC=C.Cl.OCCO. The number of hydrogen-bond acceptors (Lipinski definition) is 3. The topological polar surface area (TPSA) is 52.5 Å². The molecule has 0 aliphatic heterocycles. The molecule has 0 saturated carbocycles.